The predicted molar refractivity (Wildman–Crippen MR) is 106 cm³/mol. The Morgan fingerprint density at radius 2 is 1.78 bits per heavy atom. The lowest BCUT2D eigenvalue weighted by molar-refractivity contribution is -0.146. The summed E-state index contributed by atoms with van der Waals surface area (Å²) in [7, 11) is 1.54. The molecule has 0 atom stereocenters. The molecule has 0 heterocycles. The van der Waals surface area contributed by atoms with E-state index >= 15 is 0 Å². The Hall–Kier alpha value is -2.37. The van der Waals surface area contributed by atoms with E-state index in [-0.39, 0.29) is 19.8 Å². The van der Waals surface area contributed by atoms with Crippen LogP contribution in [0.1, 0.15) is 12.5 Å². The molecular formula is C20H20Cl2O5. The van der Waals surface area contributed by atoms with Crippen molar-refractivity contribution in [2.75, 3.05) is 26.9 Å². The molecule has 5 nitrogen and oxygen atoms in total. The molecule has 0 spiro atoms. The second kappa shape index (κ2) is 10.7. The Kier molecular flexibility index (Phi) is 8.30. The highest BCUT2D eigenvalue weighted by atomic mass is 35.5. The van der Waals surface area contributed by atoms with Crippen LogP contribution in [0.3, 0.4) is 0 Å². The van der Waals surface area contributed by atoms with E-state index < -0.39 is 5.97 Å². The van der Waals surface area contributed by atoms with Crippen molar-refractivity contribution in [3.63, 3.8) is 0 Å². The number of ether oxygens (including phenoxy) is 4. The molecule has 0 saturated carbocycles. The fourth-order valence-corrected chi connectivity index (χ4v) is 2.70. The SMILES string of the molecule is C/C=C/c1ccc(OCC(=O)OCCOc2c(Cl)cccc2Cl)c(OC)c1. The van der Waals surface area contributed by atoms with Crippen LogP contribution in [-0.2, 0) is 9.53 Å². The summed E-state index contributed by atoms with van der Waals surface area (Å²) in [4.78, 5) is 11.8. The molecule has 0 N–H and O–H groups in total. The van der Waals surface area contributed by atoms with Crippen LogP contribution in [0.5, 0.6) is 17.2 Å². The lowest BCUT2D eigenvalue weighted by Gasteiger charge is -2.12. The number of esters is 1. The molecule has 2 rings (SSSR count). The van der Waals surface area contributed by atoms with Gasteiger partial charge in [0.15, 0.2) is 23.9 Å². The summed E-state index contributed by atoms with van der Waals surface area (Å²) in [5.41, 5.74) is 0.972. The molecule has 0 aromatic heterocycles. The predicted octanol–water partition coefficient (Wildman–Crippen LogP) is 5.04. The first-order valence-corrected chi connectivity index (χ1v) is 8.96. The maximum absolute atomic E-state index is 11.8. The number of allylic oxidation sites excluding steroid dienone is 1. The van der Waals surface area contributed by atoms with Gasteiger partial charge in [0.25, 0.3) is 0 Å². The smallest absolute Gasteiger partial charge is 0.344 e. The first-order chi connectivity index (χ1) is 13.0. The molecule has 0 aliphatic carbocycles. The third kappa shape index (κ3) is 6.38. The van der Waals surface area contributed by atoms with Crippen LogP contribution in [-0.4, -0.2) is 32.9 Å². The maximum Gasteiger partial charge on any atom is 0.344 e. The largest absolute Gasteiger partial charge is 0.493 e. The number of methoxy groups -OCH3 is 1. The van der Waals surface area contributed by atoms with Gasteiger partial charge in [-0.25, -0.2) is 4.79 Å². The number of carbonyl (C=O) groups excluding carboxylic acids is 1. The Morgan fingerprint density at radius 3 is 2.44 bits per heavy atom. The quantitative estimate of drug-likeness (QED) is 0.428. The molecule has 0 unspecified atom stereocenters. The fraction of sp³-hybridized carbons (Fsp3) is 0.250. The molecule has 144 valence electrons. The standard InChI is InChI=1S/C20H20Cl2O5/c1-3-5-14-8-9-17(18(12-14)24-2)27-13-19(23)25-10-11-26-20-15(21)6-4-7-16(20)22/h3-9,12H,10-11,13H2,1-2H3/b5-3+. The molecule has 0 aliphatic heterocycles. The third-order valence-electron chi connectivity index (χ3n) is 3.40. The normalized spacial score (nSPS) is 10.7. The number of para-hydroxylation sites is 1. The minimum absolute atomic E-state index is 0.0428. The molecule has 0 saturated heterocycles. The lowest BCUT2D eigenvalue weighted by atomic mass is 10.2. The van der Waals surface area contributed by atoms with Gasteiger partial charge in [-0.05, 0) is 36.8 Å². The van der Waals surface area contributed by atoms with Crippen molar-refractivity contribution in [2.45, 2.75) is 6.92 Å². The zero-order valence-corrected chi connectivity index (χ0v) is 16.5. The summed E-state index contributed by atoms with van der Waals surface area (Å²) >= 11 is 12.0. The van der Waals surface area contributed by atoms with Crippen molar-refractivity contribution in [1.82, 2.24) is 0 Å². The summed E-state index contributed by atoms with van der Waals surface area (Å²) in [6, 6.07) is 10.5. The van der Waals surface area contributed by atoms with Crippen molar-refractivity contribution in [3.8, 4) is 17.2 Å². The van der Waals surface area contributed by atoms with Gasteiger partial charge in [-0.15, -0.1) is 0 Å². The van der Waals surface area contributed by atoms with Gasteiger partial charge in [0.05, 0.1) is 17.2 Å². The monoisotopic (exact) mass is 410 g/mol. The van der Waals surface area contributed by atoms with E-state index in [0.29, 0.717) is 27.3 Å². The van der Waals surface area contributed by atoms with E-state index in [0.717, 1.165) is 5.56 Å². The van der Waals surface area contributed by atoms with E-state index in [2.05, 4.69) is 0 Å². The number of carbonyl (C=O) groups is 1. The van der Waals surface area contributed by atoms with Gasteiger partial charge in [-0.3, -0.25) is 0 Å². The molecule has 0 aliphatic rings. The summed E-state index contributed by atoms with van der Waals surface area (Å²) in [6.07, 6.45) is 3.86. The first kappa shape index (κ1) is 20.9. The van der Waals surface area contributed by atoms with Gasteiger partial charge >= 0.3 is 5.97 Å². The van der Waals surface area contributed by atoms with Gasteiger partial charge in [-0.1, -0.05) is 47.5 Å². The average molecular weight is 411 g/mol. The van der Waals surface area contributed by atoms with Crippen LogP contribution in [0, 0.1) is 0 Å². The lowest BCUT2D eigenvalue weighted by Crippen LogP contribution is -2.18. The molecule has 2 aromatic rings. The van der Waals surface area contributed by atoms with Gasteiger partial charge in [-0.2, -0.15) is 0 Å². The number of benzene rings is 2. The molecule has 7 heteroatoms. The van der Waals surface area contributed by atoms with Crippen LogP contribution < -0.4 is 14.2 Å². The molecule has 0 fully saturated rings. The van der Waals surface area contributed by atoms with Crippen molar-refractivity contribution >= 4 is 35.2 Å². The topological polar surface area (TPSA) is 54.0 Å². The average Bonchev–Trinajstić information content (AvgIpc) is 2.66. The number of rotatable bonds is 9. The zero-order valence-electron chi connectivity index (χ0n) is 15.0. The van der Waals surface area contributed by atoms with Crippen LogP contribution >= 0.6 is 23.2 Å². The van der Waals surface area contributed by atoms with E-state index in [1.165, 1.54) is 7.11 Å². The molecular weight excluding hydrogens is 391 g/mol. The highest BCUT2D eigenvalue weighted by Crippen LogP contribution is 2.32. The van der Waals surface area contributed by atoms with Crippen molar-refractivity contribution < 1.29 is 23.7 Å². The summed E-state index contributed by atoms with van der Waals surface area (Å²) in [5, 5.41) is 0.788. The van der Waals surface area contributed by atoms with E-state index in [9.17, 15) is 4.79 Å². The van der Waals surface area contributed by atoms with Crippen molar-refractivity contribution in [2.24, 2.45) is 0 Å². The molecule has 27 heavy (non-hydrogen) atoms. The van der Waals surface area contributed by atoms with E-state index in [1.54, 1.807) is 24.3 Å². The first-order valence-electron chi connectivity index (χ1n) is 8.21. The van der Waals surface area contributed by atoms with Crippen LogP contribution in [0.25, 0.3) is 6.08 Å². The highest BCUT2D eigenvalue weighted by molar-refractivity contribution is 6.37. The Balaban J connectivity index is 1.78. The number of hydrogen-bond acceptors (Lipinski definition) is 5. The van der Waals surface area contributed by atoms with E-state index in [1.807, 2.05) is 31.2 Å². The van der Waals surface area contributed by atoms with Gasteiger partial charge in [0.1, 0.15) is 13.2 Å². The van der Waals surface area contributed by atoms with Crippen molar-refractivity contribution in [3.05, 3.63) is 58.1 Å². The van der Waals surface area contributed by atoms with Crippen LogP contribution in [0.15, 0.2) is 42.5 Å². The van der Waals surface area contributed by atoms with Crippen LogP contribution in [0.4, 0.5) is 0 Å². The third-order valence-corrected chi connectivity index (χ3v) is 4.00. The Bertz CT molecular complexity index is 785. The Morgan fingerprint density at radius 1 is 1.04 bits per heavy atom. The molecule has 0 amide bonds. The second-order valence-corrected chi connectivity index (χ2v) is 6.13. The van der Waals surface area contributed by atoms with Crippen LogP contribution in [0.2, 0.25) is 10.0 Å². The maximum atomic E-state index is 11.8. The summed E-state index contributed by atoms with van der Waals surface area (Å²) in [5.74, 6) is 0.833. The number of hydrogen-bond donors (Lipinski definition) is 0. The van der Waals surface area contributed by atoms with Gasteiger partial charge in [0.2, 0.25) is 0 Å². The minimum Gasteiger partial charge on any atom is -0.493 e. The summed E-state index contributed by atoms with van der Waals surface area (Å²) < 4.78 is 21.3. The molecule has 2 aromatic carbocycles. The fourth-order valence-electron chi connectivity index (χ4n) is 2.20. The summed E-state index contributed by atoms with van der Waals surface area (Å²) in [6.45, 7) is 1.85. The van der Waals surface area contributed by atoms with E-state index in [4.69, 9.17) is 42.1 Å². The zero-order chi connectivity index (χ0) is 19.6. The second-order valence-electron chi connectivity index (χ2n) is 5.32. The minimum atomic E-state index is -0.525. The molecule has 0 bridgehead atoms. The van der Waals surface area contributed by atoms with Gasteiger partial charge < -0.3 is 18.9 Å². The van der Waals surface area contributed by atoms with Crippen molar-refractivity contribution in [1.29, 1.82) is 0 Å². The number of halogens is 2. The Labute approximate surface area is 168 Å². The highest BCUT2D eigenvalue weighted by Gasteiger charge is 2.10. The molecule has 0 radical (unpaired) electrons. The van der Waals surface area contributed by atoms with Gasteiger partial charge in [0, 0.05) is 0 Å².